The number of hydrogen-bond donors (Lipinski definition) is 1. The standard InChI is InChI=1S/C18H29ClN2O2/c1-13(2)21(17(22)23-18(4,5)6)12-11-20-14(3)15-9-7-8-10-16(15)19/h7-10,13-14,20H,11-12H2,1-6H3. The summed E-state index contributed by atoms with van der Waals surface area (Å²) in [5, 5.41) is 4.16. The quantitative estimate of drug-likeness (QED) is 0.820. The largest absolute Gasteiger partial charge is 0.444 e. The summed E-state index contributed by atoms with van der Waals surface area (Å²) in [5.74, 6) is 0. The normalized spacial score (nSPS) is 13.0. The molecule has 0 aliphatic heterocycles. The molecule has 0 aliphatic carbocycles. The summed E-state index contributed by atoms with van der Waals surface area (Å²) < 4.78 is 5.46. The second-order valence-corrected chi connectivity index (χ2v) is 7.37. The van der Waals surface area contributed by atoms with Gasteiger partial charge in [-0.1, -0.05) is 29.8 Å². The zero-order valence-electron chi connectivity index (χ0n) is 15.0. The van der Waals surface area contributed by atoms with Gasteiger partial charge in [0.05, 0.1) is 0 Å². The molecule has 0 saturated carbocycles. The summed E-state index contributed by atoms with van der Waals surface area (Å²) in [5.41, 5.74) is 0.574. The number of nitrogens with zero attached hydrogens (tertiary/aromatic N) is 1. The Kier molecular flexibility index (Phi) is 7.36. The fourth-order valence-electron chi connectivity index (χ4n) is 2.22. The minimum Gasteiger partial charge on any atom is -0.444 e. The SMILES string of the molecule is CC(NCCN(C(=O)OC(C)(C)C)C(C)C)c1ccccc1Cl. The Morgan fingerprint density at radius 1 is 1.26 bits per heavy atom. The molecule has 1 unspecified atom stereocenters. The van der Waals surface area contributed by atoms with Crippen LogP contribution < -0.4 is 5.32 Å². The van der Waals surface area contributed by atoms with Gasteiger partial charge in [0.15, 0.2) is 0 Å². The molecular weight excluding hydrogens is 312 g/mol. The molecule has 0 fully saturated rings. The van der Waals surface area contributed by atoms with E-state index in [1.165, 1.54) is 0 Å². The molecule has 1 N–H and O–H groups in total. The Hall–Kier alpha value is -1.26. The lowest BCUT2D eigenvalue weighted by Gasteiger charge is -2.30. The number of nitrogens with one attached hydrogen (secondary N) is 1. The number of hydrogen-bond acceptors (Lipinski definition) is 3. The third-order valence-corrected chi connectivity index (χ3v) is 3.77. The van der Waals surface area contributed by atoms with Crippen molar-refractivity contribution in [3.05, 3.63) is 34.9 Å². The summed E-state index contributed by atoms with van der Waals surface area (Å²) >= 11 is 6.21. The maximum absolute atomic E-state index is 12.3. The van der Waals surface area contributed by atoms with Crippen LogP contribution in [0.25, 0.3) is 0 Å². The van der Waals surface area contributed by atoms with Crippen molar-refractivity contribution in [2.75, 3.05) is 13.1 Å². The first-order valence-corrected chi connectivity index (χ1v) is 8.47. The molecular formula is C18H29ClN2O2. The van der Waals surface area contributed by atoms with E-state index in [0.717, 1.165) is 10.6 Å². The van der Waals surface area contributed by atoms with E-state index in [-0.39, 0.29) is 18.2 Å². The van der Waals surface area contributed by atoms with E-state index in [1.54, 1.807) is 4.90 Å². The van der Waals surface area contributed by atoms with Crippen molar-refractivity contribution >= 4 is 17.7 Å². The van der Waals surface area contributed by atoms with E-state index >= 15 is 0 Å². The molecule has 130 valence electrons. The topological polar surface area (TPSA) is 41.6 Å². The van der Waals surface area contributed by atoms with Gasteiger partial charge in [0, 0.05) is 30.2 Å². The second-order valence-electron chi connectivity index (χ2n) is 6.96. The lowest BCUT2D eigenvalue weighted by atomic mass is 10.1. The highest BCUT2D eigenvalue weighted by atomic mass is 35.5. The molecule has 0 spiro atoms. The Balaban J connectivity index is 2.56. The molecule has 0 radical (unpaired) electrons. The van der Waals surface area contributed by atoms with Crippen molar-refractivity contribution in [1.29, 1.82) is 0 Å². The molecule has 0 aliphatic rings. The maximum Gasteiger partial charge on any atom is 0.410 e. The van der Waals surface area contributed by atoms with Crippen LogP contribution in [-0.2, 0) is 4.74 Å². The molecule has 0 saturated heterocycles. The van der Waals surface area contributed by atoms with Crippen molar-refractivity contribution in [1.82, 2.24) is 10.2 Å². The Bertz CT molecular complexity index is 512. The zero-order chi connectivity index (χ0) is 17.6. The average Bonchev–Trinajstić information content (AvgIpc) is 2.41. The van der Waals surface area contributed by atoms with Crippen LogP contribution in [0.3, 0.4) is 0 Å². The van der Waals surface area contributed by atoms with Gasteiger partial charge in [-0.2, -0.15) is 0 Å². The van der Waals surface area contributed by atoms with Crippen LogP contribution in [0.1, 0.15) is 53.1 Å². The molecule has 0 bridgehead atoms. The van der Waals surface area contributed by atoms with Gasteiger partial charge in [0.1, 0.15) is 5.60 Å². The van der Waals surface area contributed by atoms with Gasteiger partial charge in [-0.05, 0) is 53.2 Å². The highest BCUT2D eigenvalue weighted by Gasteiger charge is 2.23. The molecule has 5 heteroatoms. The highest BCUT2D eigenvalue weighted by Crippen LogP contribution is 2.22. The minimum atomic E-state index is -0.484. The van der Waals surface area contributed by atoms with Gasteiger partial charge in [-0.25, -0.2) is 4.79 Å². The van der Waals surface area contributed by atoms with E-state index in [4.69, 9.17) is 16.3 Å². The number of amides is 1. The molecule has 4 nitrogen and oxygen atoms in total. The molecule has 1 rings (SSSR count). The van der Waals surface area contributed by atoms with Gasteiger partial charge < -0.3 is 15.0 Å². The number of halogens is 1. The number of benzene rings is 1. The van der Waals surface area contributed by atoms with Crippen molar-refractivity contribution in [2.24, 2.45) is 0 Å². The third kappa shape index (κ3) is 6.80. The molecule has 0 aromatic heterocycles. The fourth-order valence-corrected chi connectivity index (χ4v) is 2.52. The Morgan fingerprint density at radius 2 is 1.87 bits per heavy atom. The van der Waals surface area contributed by atoms with Crippen LogP contribution in [-0.4, -0.2) is 35.7 Å². The average molecular weight is 341 g/mol. The predicted molar refractivity (Wildman–Crippen MR) is 95.9 cm³/mol. The van der Waals surface area contributed by atoms with Gasteiger partial charge >= 0.3 is 6.09 Å². The summed E-state index contributed by atoms with van der Waals surface area (Å²) in [6.45, 7) is 12.9. The molecule has 1 amide bonds. The summed E-state index contributed by atoms with van der Waals surface area (Å²) in [6, 6.07) is 7.99. The first kappa shape index (κ1) is 19.8. The van der Waals surface area contributed by atoms with Gasteiger partial charge in [-0.15, -0.1) is 0 Å². The van der Waals surface area contributed by atoms with Crippen LogP contribution >= 0.6 is 11.6 Å². The first-order valence-electron chi connectivity index (χ1n) is 8.09. The lowest BCUT2D eigenvalue weighted by Crippen LogP contribution is -2.44. The van der Waals surface area contributed by atoms with Crippen LogP contribution in [0.4, 0.5) is 4.79 Å². The number of ether oxygens (including phenoxy) is 1. The van der Waals surface area contributed by atoms with Gasteiger partial charge in [-0.3, -0.25) is 0 Å². The Labute approximate surface area is 145 Å². The first-order chi connectivity index (χ1) is 10.6. The lowest BCUT2D eigenvalue weighted by molar-refractivity contribution is 0.0192. The van der Waals surface area contributed by atoms with Crippen molar-refractivity contribution in [3.63, 3.8) is 0 Å². The predicted octanol–water partition coefficient (Wildman–Crippen LogP) is 4.64. The molecule has 1 aromatic carbocycles. The van der Waals surface area contributed by atoms with E-state index in [9.17, 15) is 4.79 Å². The number of rotatable bonds is 6. The maximum atomic E-state index is 12.3. The molecule has 1 aromatic rings. The molecule has 23 heavy (non-hydrogen) atoms. The van der Waals surface area contributed by atoms with E-state index in [0.29, 0.717) is 13.1 Å². The number of carbonyl (C=O) groups is 1. The zero-order valence-corrected chi connectivity index (χ0v) is 15.8. The smallest absolute Gasteiger partial charge is 0.410 e. The van der Waals surface area contributed by atoms with Crippen LogP contribution in [0.2, 0.25) is 5.02 Å². The summed E-state index contributed by atoms with van der Waals surface area (Å²) in [4.78, 5) is 14.0. The highest BCUT2D eigenvalue weighted by molar-refractivity contribution is 6.31. The summed E-state index contributed by atoms with van der Waals surface area (Å²) in [7, 11) is 0. The van der Waals surface area contributed by atoms with E-state index in [1.807, 2.05) is 58.9 Å². The van der Waals surface area contributed by atoms with Crippen molar-refractivity contribution in [2.45, 2.75) is 59.2 Å². The van der Waals surface area contributed by atoms with Crippen molar-refractivity contribution < 1.29 is 9.53 Å². The van der Waals surface area contributed by atoms with Crippen molar-refractivity contribution in [3.8, 4) is 0 Å². The van der Waals surface area contributed by atoms with Crippen LogP contribution in [0.15, 0.2) is 24.3 Å². The van der Waals surface area contributed by atoms with Gasteiger partial charge in [0.25, 0.3) is 0 Å². The van der Waals surface area contributed by atoms with Gasteiger partial charge in [0.2, 0.25) is 0 Å². The minimum absolute atomic E-state index is 0.0854. The third-order valence-electron chi connectivity index (χ3n) is 3.43. The van der Waals surface area contributed by atoms with Crippen LogP contribution in [0.5, 0.6) is 0 Å². The molecule has 0 heterocycles. The van der Waals surface area contributed by atoms with E-state index < -0.39 is 5.60 Å². The molecule has 1 atom stereocenters. The Morgan fingerprint density at radius 3 is 2.39 bits per heavy atom. The monoisotopic (exact) mass is 340 g/mol. The fraction of sp³-hybridized carbons (Fsp3) is 0.611. The summed E-state index contributed by atoms with van der Waals surface area (Å²) in [6.07, 6.45) is -0.278. The second kappa shape index (κ2) is 8.55. The van der Waals surface area contributed by atoms with E-state index in [2.05, 4.69) is 12.2 Å². The van der Waals surface area contributed by atoms with Crippen LogP contribution in [0, 0.1) is 0 Å². The number of carbonyl (C=O) groups excluding carboxylic acids is 1.